The van der Waals surface area contributed by atoms with Crippen LogP contribution in [0.4, 0.5) is 10.1 Å². The average molecular weight is 292 g/mol. The molecule has 2 rings (SSSR count). The van der Waals surface area contributed by atoms with E-state index in [4.69, 9.17) is 0 Å². The van der Waals surface area contributed by atoms with Crippen molar-refractivity contribution in [3.63, 3.8) is 0 Å². The zero-order valence-corrected chi connectivity index (χ0v) is 12.8. The summed E-state index contributed by atoms with van der Waals surface area (Å²) in [6.45, 7) is 4.25. The molecule has 1 aromatic carbocycles. The van der Waals surface area contributed by atoms with Gasteiger partial charge in [0.05, 0.1) is 11.3 Å². The molecule has 116 valence electrons. The number of hydrogen-bond donors (Lipinski definition) is 1. The predicted octanol–water partition coefficient (Wildman–Crippen LogP) is 4.05. The van der Waals surface area contributed by atoms with E-state index in [9.17, 15) is 9.18 Å². The van der Waals surface area contributed by atoms with Crippen LogP contribution >= 0.6 is 0 Å². The van der Waals surface area contributed by atoms with Crippen LogP contribution in [-0.4, -0.2) is 30.4 Å². The lowest BCUT2D eigenvalue weighted by Crippen LogP contribution is -2.34. The molecule has 1 amide bonds. The van der Waals surface area contributed by atoms with Crippen LogP contribution in [0.25, 0.3) is 0 Å². The average Bonchev–Trinajstić information content (AvgIpc) is 2.45. The van der Waals surface area contributed by atoms with E-state index in [0.717, 1.165) is 32.4 Å². The lowest BCUT2D eigenvalue weighted by molar-refractivity contribution is 0.0743. The fourth-order valence-corrected chi connectivity index (χ4v) is 2.75. The maximum absolute atomic E-state index is 14.0. The summed E-state index contributed by atoms with van der Waals surface area (Å²) >= 11 is 0. The predicted molar refractivity (Wildman–Crippen MR) is 84.2 cm³/mol. The summed E-state index contributed by atoms with van der Waals surface area (Å²) in [6, 6.07) is 4.74. The molecule has 1 N–H and O–H groups in total. The highest BCUT2D eigenvalue weighted by molar-refractivity contribution is 5.99. The minimum absolute atomic E-state index is 0.0463. The first kappa shape index (κ1) is 15.8. The number of halogens is 1. The molecule has 1 heterocycles. The highest BCUT2D eigenvalue weighted by Gasteiger charge is 2.21. The van der Waals surface area contributed by atoms with Crippen molar-refractivity contribution >= 4 is 11.6 Å². The van der Waals surface area contributed by atoms with E-state index in [1.54, 1.807) is 12.1 Å². The van der Waals surface area contributed by atoms with Crippen molar-refractivity contribution in [2.75, 3.05) is 25.0 Å². The van der Waals surface area contributed by atoms with E-state index < -0.39 is 0 Å². The number of nitrogens with zero attached hydrogens (tertiary/aromatic N) is 1. The van der Waals surface area contributed by atoms with Crippen molar-refractivity contribution in [2.45, 2.75) is 45.4 Å². The van der Waals surface area contributed by atoms with Crippen LogP contribution < -0.4 is 5.32 Å². The second-order valence-electron chi connectivity index (χ2n) is 5.65. The molecule has 21 heavy (non-hydrogen) atoms. The molecular formula is C17H25FN2O. The third kappa shape index (κ3) is 4.19. The van der Waals surface area contributed by atoms with E-state index in [1.165, 1.54) is 25.3 Å². The number of anilines is 1. The summed E-state index contributed by atoms with van der Waals surface area (Å²) in [6.07, 6.45) is 6.58. The topological polar surface area (TPSA) is 32.3 Å². The van der Waals surface area contributed by atoms with Crippen LogP contribution in [0.3, 0.4) is 0 Å². The molecule has 0 saturated carbocycles. The molecular weight excluding hydrogens is 267 g/mol. The molecule has 1 aliphatic heterocycles. The van der Waals surface area contributed by atoms with Gasteiger partial charge in [-0.05, 0) is 31.4 Å². The molecule has 1 aliphatic rings. The normalized spacial score (nSPS) is 16.2. The van der Waals surface area contributed by atoms with Gasteiger partial charge in [0.15, 0.2) is 0 Å². The number of hydrogen-bond acceptors (Lipinski definition) is 2. The first-order valence-corrected chi connectivity index (χ1v) is 8.05. The van der Waals surface area contributed by atoms with Crippen molar-refractivity contribution in [1.29, 1.82) is 0 Å². The molecule has 3 nitrogen and oxygen atoms in total. The van der Waals surface area contributed by atoms with Gasteiger partial charge in [-0.15, -0.1) is 0 Å². The first-order valence-electron chi connectivity index (χ1n) is 8.05. The lowest BCUT2D eigenvalue weighted by Gasteiger charge is -2.26. The summed E-state index contributed by atoms with van der Waals surface area (Å²) in [5.41, 5.74) is 0.815. The second-order valence-corrected chi connectivity index (χ2v) is 5.65. The maximum Gasteiger partial charge on any atom is 0.256 e. The minimum Gasteiger partial charge on any atom is -0.382 e. The number of rotatable bonds is 4. The number of nitrogens with one attached hydrogen (secondary N) is 1. The van der Waals surface area contributed by atoms with Crippen molar-refractivity contribution in [2.24, 2.45) is 0 Å². The molecule has 0 radical (unpaired) electrons. The van der Waals surface area contributed by atoms with Gasteiger partial charge in [0.1, 0.15) is 5.82 Å². The highest BCUT2D eigenvalue weighted by Crippen LogP contribution is 2.23. The molecule has 0 atom stereocenters. The Morgan fingerprint density at radius 3 is 2.52 bits per heavy atom. The van der Waals surface area contributed by atoms with Crippen LogP contribution in [-0.2, 0) is 0 Å². The van der Waals surface area contributed by atoms with E-state index in [0.29, 0.717) is 17.8 Å². The van der Waals surface area contributed by atoms with Crippen LogP contribution in [0.1, 0.15) is 55.8 Å². The largest absolute Gasteiger partial charge is 0.382 e. The Morgan fingerprint density at radius 1 is 1.19 bits per heavy atom. The van der Waals surface area contributed by atoms with Crippen LogP contribution in [0.2, 0.25) is 0 Å². The molecule has 0 spiro atoms. The molecule has 0 aromatic heterocycles. The first-order chi connectivity index (χ1) is 10.2. The van der Waals surface area contributed by atoms with Crippen LogP contribution in [0.15, 0.2) is 18.2 Å². The lowest BCUT2D eigenvalue weighted by atomic mass is 10.1. The Bertz CT molecular complexity index is 468. The zero-order valence-electron chi connectivity index (χ0n) is 12.8. The fourth-order valence-electron chi connectivity index (χ4n) is 2.75. The van der Waals surface area contributed by atoms with E-state index in [2.05, 4.69) is 5.32 Å². The number of para-hydroxylation sites is 1. The summed E-state index contributed by atoms with van der Waals surface area (Å²) in [4.78, 5) is 14.6. The Labute approximate surface area is 126 Å². The highest BCUT2D eigenvalue weighted by atomic mass is 19.1. The van der Waals surface area contributed by atoms with Gasteiger partial charge >= 0.3 is 0 Å². The Hall–Kier alpha value is -1.58. The number of benzene rings is 1. The van der Waals surface area contributed by atoms with Crippen molar-refractivity contribution in [1.82, 2.24) is 4.90 Å². The summed E-state index contributed by atoms with van der Waals surface area (Å²) in [5, 5.41) is 3.06. The Morgan fingerprint density at radius 2 is 1.86 bits per heavy atom. The van der Waals surface area contributed by atoms with Gasteiger partial charge in [0, 0.05) is 19.6 Å². The van der Waals surface area contributed by atoms with Gasteiger partial charge in [-0.3, -0.25) is 4.79 Å². The molecule has 0 bridgehead atoms. The summed E-state index contributed by atoms with van der Waals surface area (Å²) in [5.74, 6) is -0.392. The SMILES string of the molecule is CCCNc1c(F)cccc1C(=O)N1CCCCCCC1. The third-order valence-corrected chi connectivity index (χ3v) is 3.94. The van der Waals surface area contributed by atoms with Gasteiger partial charge in [-0.1, -0.05) is 32.3 Å². The quantitative estimate of drug-likeness (QED) is 0.908. The van der Waals surface area contributed by atoms with Gasteiger partial charge in [0.2, 0.25) is 0 Å². The standard InChI is InChI=1S/C17H25FN2O/c1-2-11-19-16-14(9-8-10-15(16)18)17(21)20-12-6-4-3-5-7-13-20/h8-10,19H,2-7,11-13H2,1H3. The van der Waals surface area contributed by atoms with Crippen molar-refractivity contribution < 1.29 is 9.18 Å². The van der Waals surface area contributed by atoms with Crippen LogP contribution in [0, 0.1) is 5.82 Å². The smallest absolute Gasteiger partial charge is 0.256 e. The van der Waals surface area contributed by atoms with E-state index >= 15 is 0 Å². The number of likely N-dealkylation sites (tertiary alicyclic amines) is 1. The van der Waals surface area contributed by atoms with Crippen LogP contribution in [0.5, 0.6) is 0 Å². The van der Waals surface area contributed by atoms with E-state index in [1.807, 2.05) is 11.8 Å². The van der Waals surface area contributed by atoms with Gasteiger partial charge in [-0.2, -0.15) is 0 Å². The fraction of sp³-hybridized carbons (Fsp3) is 0.588. The molecule has 1 saturated heterocycles. The Balaban J connectivity index is 2.18. The molecule has 0 unspecified atom stereocenters. The third-order valence-electron chi connectivity index (χ3n) is 3.94. The monoisotopic (exact) mass is 292 g/mol. The maximum atomic E-state index is 14.0. The molecule has 1 aromatic rings. The minimum atomic E-state index is -0.346. The second kappa shape index (κ2) is 8.01. The molecule has 0 aliphatic carbocycles. The molecule has 1 fully saturated rings. The van der Waals surface area contributed by atoms with Gasteiger partial charge in [-0.25, -0.2) is 4.39 Å². The number of carbonyl (C=O) groups excluding carboxylic acids is 1. The van der Waals surface area contributed by atoms with Crippen molar-refractivity contribution in [3.05, 3.63) is 29.6 Å². The summed E-state index contributed by atoms with van der Waals surface area (Å²) in [7, 11) is 0. The van der Waals surface area contributed by atoms with E-state index in [-0.39, 0.29) is 11.7 Å². The van der Waals surface area contributed by atoms with Gasteiger partial charge < -0.3 is 10.2 Å². The number of amides is 1. The number of carbonyl (C=O) groups is 1. The van der Waals surface area contributed by atoms with Crippen molar-refractivity contribution in [3.8, 4) is 0 Å². The zero-order chi connectivity index (χ0) is 15.1. The Kier molecular flexibility index (Phi) is 6.03. The summed E-state index contributed by atoms with van der Waals surface area (Å²) < 4.78 is 14.0. The molecule has 4 heteroatoms. The van der Waals surface area contributed by atoms with Gasteiger partial charge in [0.25, 0.3) is 5.91 Å².